The molecule has 2 nitrogen and oxygen atoms in total. The number of hydrogen-bond donors (Lipinski definition) is 0. The molecule has 0 unspecified atom stereocenters. The van der Waals surface area contributed by atoms with E-state index in [1.807, 2.05) is 12.1 Å². The van der Waals surface area contributed by atoms with E-state index >= 15 is 0 Å². The molecule has 0 bridgehead atoms. The molecular weight excluding hydrogens is 324 g/mol. The predicted molar refractivity (Wildman–Crippen MR) is 90.6 cm³/mol. The molecule has 0 amide bonds. The summed E-state index contributed by atoms with van der Waals surface area (Å²) in [6.45, 7) is 2.09. The van der Waals surface area contributed by atoms with Crippen LogP contribution in [-0.4, -0.2) is 9.38 Å². The minimum Gasteiger partial charge on any atom is -0.303 e. The molecule has 0 saturated carbocycles. The molecule has 0 aliphatic rings. The second-order valence-electron chi connectivity index (χ2n) is 5.15. The summed E-state index contributed by atoms with van der Waals surface area (Å²) < 4.78 is 3.22. The lowest BCUT2D eigenvalue weighted by atomic mass is 10.0. The Labute approximate surface area is 131 Å². The van der Waals surface area contributed by atoms with E-state index in [-0.39, 0.29) is 0 Å². The average molecular weight is 337 g/mol. The fourth-order valence-corrected chi connectivity index (χ4v) is 3.07. The smallest absolute Gasteiger partial charge is 0.137 e. The normalized spacial score (nSPS) is 11.3. The van der Waals surface area contributed by atoms with Gasteiger partial charge in [0, 0.05) is 21.9 Å². The number of benzene rings is 2. The summed E-state index contributed by atoms with van der Waals surface area (Å²) in [6, 6.07) is 18.9. The van der Waals surface area contributed by atoms with Gasteiger partial charge in [-0.2, -0.15) is 0 Å². The zero-order chi connectivity index (χ0) is 14.4. The largest absolute Gasteiger partial charge is 0.303 e. The van der Waals surface area contributed by atoms with E-state index in [1.165, 1.54) is 16.3 Å². The Morgan fingerprint density at radius 2 is 1.76 bits per heavy atom. The van der Waals surface area contributed by atoms with Gasteiger partial charge in [0.25, 0.3) is 0 Å². The van der Waals surface area contributed by atoms with Gasteiger partial charge in [-0.15, -0.1) is 0 Å². The van der Waals surface area contributed by atoms with Crippen molar-refractivity contribution in [3.05, 3.63) is 71.0 Å². The minimum atomic E-state index is 0.971. The third-order valence-corrected chi connectivity index (χ3v) is 4.72. The first-order chi connectivity index (χ1) is 10.2. The fraction of sp³-hybridized carbons (Fsp3) is 0.0556. The maximum Gasteiger partial charge on any atom is 0.137 e. The summed E-state index contributed by atoms with van der Waals surface area (Å²) in [5.41, 5.74) is 4.31. The SMILES string of the molecule is Cc1c(Br)ccc2nc(-c3cccc4ccccc34)cn12. The van der Waals surface area contributed by atoms with E-state index in [9.17, 15) is 0 Å². The zero-order valence-corrected chi connectivity index (χ0v) is 13.1. The number of halogens is 1. The van der Waals surface area contributed by atoms with E-state index in [0.29, 0.717) is 0 Å². The number of aryl methyl sites for hydroxylation is 1. The molecule has 0 radical (unpaired) electrons. The highest BCUT2D eigenvalue weighted by Crippen LogP contribution is 2.29. The van der Waals surface area contributed by atoms with Crippen LogP contribution >= 0.6 is 15.9 Å². The molecular formula is C18H13BrN2. The summed E-state index contributed by atoms with van der Waals surface area (Å²) in [5.74, 6) is 0. The number of fused-ring (bicyclic) bond motifs is 2. The van der Waals surface area contributed by atoms with Crippen molar-refractivity contribution in [2.45, 2.75) is 6.92 Å². The Morgan fingerprint density at radius 1 is 0.952 bits per heavy atom. The molecule has 0 spiro atoms. The maximum atomic E-state index is 4.78. The molecule has 102 valence electrons. The van der Waals surface area contributed by atoms with Gasteiger partial charge in [-0.3, -0.25) is 0 Å². The van der Waals surface area contributed by atoms with Crippen LogP contribution in [0, 0.1) is 6.92 Å². The quantitative estimate of drug-likeness (QED) is 0.465. The van der Waals surface area contributed by atoms with Crippen molar-refractivity contribution in [1.29, 1.82) is 0 Å². The summed E-state index contributed by atoms with van der Waals surface area (Å²) in [7, 11) is 0. The number of imidazole rings is 1. The Balaban J connectivity index is 2.03. The van der Waals surface area contributed by atoms with Crippen LogP contribution < -0.4 is 0 Å². The molecule has 2 heterocycles. The first-order valence-electron chi connectivity index (χ1n) is 6.86. The number of nitrogens with zero attached hydrogens (tertiary/aromatic N) is 2. The minimum absolute atomic E-state index is 0.971. The molecule has 4 rings (SSSR count). The average Bonchev–Trinajstić information content (AvgIpc) is 2.95. The molecule has 2 aromatic heterocycles. The van der Waals surface area contributed by atoms with Gasteiger partial charge in [-0.1, -0.05) is 42.5 Å². The van der Waals surface area contributed by atoms with Crippen molar-refractivity contribution in [1.82, 2.24) is 9.38 Å². The Hall–Kier alpha value is -2.13. The summed E-state index contributed by atoms with van der Waals surface area (Å²) in [4.78, 5) is 4.78. The van der Waals surface area contributed by atoms with Gasteiger partial charge in [0.15, 0.2) is 0 Å². The van der Waals surface area contributed by atoms with Gasteiger partial charge < -0.3 is 4.40 Å². The molecule has 2 aromatic carbocycles. The topological polar surface area (TPSA) is 17.3 Å². The monoisotopic (exact) mass is 336 g/mol. The van der Waals surface area contributed by atoms with Gasteiger partial charge in [-0.05, 0) is 45.8 Å². The lowest BCUT2D eigenvalue weighted by molar-refractivity contribution is 1.08. The van der Waals surface area contributed by atoms with Crippen molar-refractivity contribution >= 4 is 32.3 Å². The maximum absolute atomic E-state index is 4.78. The van der Waals surface area contributed by atoms with Crippen LogP contribution in [0.2, 0.25) is 0 Å². The van der Waals surface area contributed by atoms with E-state index in [4.69, 9.17) is 4.98 Å². The van der Waals surface area contributed by atoms with Gasteiger partial charge in [-0.25, -0.2) is 4.98 Å². The van der Waals surface area contributed by atoms with Crippen molar-refractivity contribution in [2.75, 3.05) is 0 Å². The number of hydrogen-bond acceptors (Lipinski definition) is 1. The predicted octanol–water partition coefficient (Wildman–Crippen LogP) is 5.23. The lowest BCUT2D eigenvalue weighted by Crippen LogP contribution is -1.89. The summed E-state index contributed by atoms with van der Waals surface area (Å²) >= 11 is 3.57. The molecule has 21 heavy (non-hydrogen) atoms. The molecule has 0 aliphatic heterocycles. The van der Waals surface area contributed by atoms with Crippen LogP contribution in [0.5, 0.6) is 0 Å². The lowest BCUT2D eigenvalue weighted by Gasteiger charge is -2.03. The second kappa shape index (κ2) is 4.71. The molecule has 0 atom stereocenters. The van der Waals surface area contributed by atoms with Crippen LogP contribution in [0.1, 0.15) is 5.69 Å². The molecule has 0 fully saturated rings. The van der Waals surface area contributed by atoms with Crippen LogP contribution in [-0.2, 0) is 0 Å². The van der Waals surface area contributed by atoms with Crippen LogP contribution in [0.15, 0.2) is 65.3 Å². The summed E-state index contributed by atoms with van der Waals surface area (Å²) in [6.07, 6.45) is 2.11. The van der Waals surface area contributed by atoms with Crippen LogP contribution in [0.4, 0.5) is 0 Å². The third-order valence-electron chi connectivity index (χ3n) is 3.88. The highest BCUT2D eigenvalue weighted by Gasteiger charge is 2.09. The Bertz CT molecular complexity index is 964. The molecule has 4 aromatic rings. The third kappa shape index (κ3) is 1.96. The molecule has 0 aliphatic carbocycles. The number of rotatable bonds is 1. The van der Waals surface area contributed by atoms with Crippen LogP contribution in [0.25, 0.3) is 27.7 Å². The number of aromatic nitrogens is 2. The molecule has 0 N–H and O–H groups in total. The van der Waals surface area contributed by atoms with Gasteiger partial charge in [0.1, 0.15) is 5.65 Å². The zero-order valence-electron chi connectivity index (χ0n) is 11.5. The van der Waals surface area contributed by atoms with Crippen molar-refractivity contribution in [2.24, 2.45) is 0 Å². The molecule has 0 saturated heterocycles. The first-order valence-corrected chi connectivity index (χ1v) is 7.66. The van der Waals surface area contributed by atoms with Crippen molar-refractivity contribution in [3.63, 3.8) is 0 Å². The van der Waals surface area contributed by atoms with Crippen molar-refractivity contribution in [3.8, 4) is 11.3 Å². The first kappa shape index (κ1) is 12.6. The van der Waals surface area contributed by atoms with Crippen molar-refractivity contribution < 1.29 is 0 Å². The van der Waals surface area contributed by atoms with Gasteiger partial charge in [0.2, 0.25) is 0 Å². The Kier molecular flexibility index (Phi) is 2.82. The van der Waals surface area contributed by atoms with E-state index in [0.717, 1.165) is 21.5 Å². The van der Waals surface area contributed by atoms with Gasteiger partial charge in [0.05, 0.1) is 5.69 Å². The fourth-order valence-electron chi connectivity index (χ4n) is 2.74. The number of pyridine rings is 1. The van der Waals surface area contributed by atoms with Crippen LogP contribution in [0.3, 0.4) is 0 Å². The molecule has 3 heteroatoms. The summed E-state index contributed by atoms with van der Waals surface area (Å²) in [5, 5.41) is 2.48. The van der Waals surface area contributed by atoms with Gasteiger partial charge >= 0.3 is 0 Å². The highest BCUT2D eigenvalue weighted by molar-refractivity contribution is 9.10. The van der Waals surface area contributed by atoms with E-state index in [1.54, 1.807) is 0 Å². The van der Waals surface area contributed by atoms with E-state index < -0.39 is 0 Å². The standard InChI is InChI=1S/C18H13BrN2/c1-12-16(19)9-10-18-20-17(11-21(12)18)15-8-4-6-13-5-2-3-7-14(13)15/h2-11H,1H3. The Morgan fingerprint density at radius 3 is 2.67 bits per heavy atom. The second-order valence-corrected chi connectivity index (χ2v) is 6.00. The van der Waals surface area contributed by atoms with E-state index in [2.05, 4.69) is 75.9 Å². The highest BCUT2D eigenvalue weighted by atomic mass is 79.9.